The lowest BCUT2D eigenvalue weighted by atomic mass is 9.85. The molecule has 3 heteroatoms. The molecule has 3 fully saturated rings. The van der Waals surface area contributed by atoms with Gasteiger partial charge in [0.1, 0.15) is 0 Å². The number of hydrogen-bond donors (Lipinski definition) is 0. The monoisotopic (exact) mass is 348 g/mol. The van der Waals surface area contributed by atoms with Crippen LogP contribution < -0.4 is 0 Å². The van der Waals surface area contributed by atoms with Gasteiger partial charge in [-0.25, -0.2) is 4.79 Å². The maximum absolute atomic E-state index is 12.0. The maximum atomic E-state index is 12.0. The summed E-state index contributed by atoms with van der Waals surface area (Å²) >= 11 is 2.60. The Morgan fingerprint density at radius 3 is 2.71 bits per heavy atom. The van der Waals surface area contributed by atoms with Crippen LogP contribution in [0.4, 0.5) is 0 Å². The molecule has 2 nitrogen and oxygen atoms in total. The number of quaternary nitrogens is 1. The molecule has 0 spiro atoms. The van der Waals surface area contributed by atoms with Crippen molar-refractivity contribution in [3.63, 3.8) is 0 Å². The van der Waals surface area contributed by atoms with Crippen molar-refractivity contribution in [1.82, 2.24) is 0 Å². The van der Waals surface area contributed by atoms with Gasteiger partial charge in [0, 0.05) is 9.50 Å². The molecule has 2 bridgehead atoms. The van der Waals surface area contributed by atoms with Crippen LogP contribution in [0.5, 0.6) is 0 Å². The Labute approximate surface area is 118 Å². The van der Waals surface area contributed by atoms with E-state index in [2.05, 4.69) is 36.1 Å². The highest BCUT2D eigenvalue weighted by Gasteiger charge is 2.48. The molecule has 0 aromatic rings. The van der Waals surface area contributed by atoms with E-state index in [1.807, 2.05) is 0 Å². The van der Waals surface area contributed by atoms with E-state index >= 15 is 0 Å². The molecule has 3 rings (SSSR count). The molecule has 17 heavy (non-hydrogen) atoms. The molecular weight excluding hydrogens is 325 g/mol. The predicted molar refractivity (Wildman–Crippen MR) is 79.1 cm³/mol. The fourth-order valence-electron chi connectivity index (χ4n) is 3.42. The maximum Gasteiger partial charge on any atom is 0.338 e. The molecule has 3 saturated heterocycles. The number of fused-ring (bicyclic) bond motifs is 6. The average Bonchev–Trinajstić information content (AvgIpc) is 2.23. The summed E-state index contributed by atoms with van der Waals surface area (Å²) < 4.78 is 1.13. The second-order valence-corrected chi connectivity index (χ2v) is 8.66. The topological polar surface area (TPSA) is 17.1 Å². The fourth-order valence-corrected chi connectivity index (χ4v) is 4.18. The quantitative estimate of drug-likeness (QED) is 0.308. The van der Waals surface area contributed by atoms with Crippen molar-refractivity contribution in [2.45, 2.75) is 42.4 Å². The SMILES string of the molecule is C=CC(=O)[N+]12CCCC(C)(I)CCCC(C1)C2. The number of alkyl halides is 1. The fraction of sp³-hybridized carbons (Fsp3) is 0.786. The lowest BCUT2D eigenvalue weighted by molar-refractivity contribution is -0.902. The molecule has 3 aliphatic heterocycles. The van der Waals surface area contributed by atoms with Gasteiger partial charge in [-0.15, -0.1) is 0 Å². The van der Waals surface area contributed by atoms with E-state index in [0.717, 1.165) is 25.6 Å². The standard InChI is InChI=1S/C14H23INO/c1-3-13(17)16-9-5-8-14(2,15)7-4-6-12(10-16)11-16/h3,12H,1,4-11H2,2H3/q+1. The van der Waals surface area contributed by atoms with E-state index in [9.17, 15) is 4.79 Å². The lowest BCUT2D eigenvalue weighted by Gasteiger charge is -2.48. The minimum atomic E-state index is 0.247. The highest BCUT2D eigenvalue weighted by molar-refractivity contribution is 14.1. The highest BCUT2D eigenvalue weighted by Crippen LogP contribution is 2.37. The summed E-state index contributed by atoms with van der Waals surface area (Å²) in [6.45, 7) is 9.19. The Morgan fingerprint density at radius 1 is 1.41 bits per heavy atom. The molecule has 1 atom stereocenters. The van der Waals surface area contributed by atoms with E-state index in [1.165, 1.54) is 38.2 Å². The van der Waals surface area contributed by atoms with Gasteiger partial charge in [0.25, 0.3) is 0 Å². The number of amides is 1. The first-order valence-corrected chi connectivity index (χ1v) is 7.77. The normalized spacial score (nSPS) is 42.4. The van der Waals surface area contributed by atoms with Crippen molar-refractivity contribution in [3.8, 4) is 0 Å². The van der Waals surface area contributed by atoms with Crippen molar-refractivity contribution < 1.29 is 9.28 Å². The van der Waals surface area contributed by atoms with Crippen LogP contribution >= 0.6 is 22.6 Å². The zero-order valence-corrected chi connectivity index (χ0v) is 12.9. The molecule has 0 saturated carbocycles. The molecule has 3 aliphatic rings. The predicted octanol–water partition coefficient (Wildman–Crippen LogP) is 3.30. The Hall–Kier alpha value is 0.1000. The van der Waals surface area contributed by atoms with Gasteiger partial charge >= 0.3 is 5.91 Å². The highest BCUT2D eigenvalue weighted by atomic mass is 127. The van der Waals surface area contributed by atoms with Crippen LogP contribution in [-0.4, -0.2) is 33.4 Å². The van der Waals surface area contributed by atoms with Gasteiger partial charge < -0.3 is 0 Å². The number of hydrogen-bond acceptors (Lipinski definition) is 1. The van der Waals surface area contributed by atoms with Crippen molar-refractivity contribution in [2.24, 2.45) is 5.92 Å². The molecular formula is C14H23INO+. The van der Waals surface area contributed by atoms with Crippen LogP contribution in [0, 0.1) is 5.92 Å². The van der Waals surface area contributed by atoms with Crippen molar-refractivity contribution in [2.75, 3.05) is 19.6 Å². The molecule has 0 radical (unpaired) electrons. The summed E-state index contributed by atoms with van der Waals surface area (Å²) in [4.78, 5) is 12.0. The third-order valence-corrected chi connectivity index (χ3v) is 5.53. The van der Waals surface area contributed by atoms with E-state index in [1.54, 1.807) is 0 Å². The van der Waals surface area contributed by atoms with Crippen LogP contribution in [0.2, 0.25) is 0 Å². The van der Waals surface area contributed by atoms with Crippen LogP contribution in [0.25, 0.3) is 0 Å². The summed E-state index contributed by atoms with van der Waals surface area (Å²) in [5.74, 6) is 1.03. The van der Waals surface area contributed by atoms with Gasteiger partial charge in [-0.3, -0.25) is 4.48 Å². The van der Waals surface area contributed by atoms with Crippen LogP contribution in [-0.2, 0) is 4.79 Å². The summed E-state index contributed by atoms with van der Waals surface area (Å²) in [7, 11) is 0. The second kappa shape index (κ2) is 5.00. The number of nitrogens with zero attached hydrogens (tertiary/aromatic N) is 1. The van der Waals surface area contributed by atoms with Gasteiger partial charge in [0.15, 0.2) is 0 Å². The molecule has 0 aromatic heterocycles. The first-order valence-electron chi connectivity index (χ1n) is 6.69. The van der Waals surface area contributed by atoms with E-state index < -0.39 is 0 Å². The number of carbonyl (C=O) groups excluding carboxylic acids is 1. The molecule has 3 heterocycles. The number of carbonyl (C=O) groups is 1. The zero-order valence-electron chi connectivity index (χ0n) is 10.8. The van der Waals surface area contributed by atoms with Crippen LogP contribution in [0.15, 0.2) is 12.7 Å². The summed E-state index contributed by atoms with van der Waals surface area (Å²) in [6, 6.07) is 0. The van der Waals surface area contributed by atoms with Crippen LogP contribution in [0.3, 0.4) is 0 Å². The Bertz CT molecular complexity index is 318. The molecule has 1 amide bonds. The van der Waals surface area contributed by atoms with Crippen molar-refractivity contribution in [3.05, 3.63) is 12.7 Å². The van der Waals surface area contributed by atoms with Crippen molar-refractivity contribution >= 4 is 28.5 Å². The molecule has 96 valence electrons. The Balaban J connectivity index is 2.04. The Morgan fingerprint density at radius 2 is 2.06 bits per heavy atom. The Kier molecular flexibility index (Phi) is 3.98. The zero-order chi connectivity index (χ0) is 12.5. The second-order valence-electron chi connectivity index (χ2n) is 6.05. The number of rotatable bonds is 1. The minimum Gasteiger partial charge on any atom is -0.256 e. The van der Waals surface area contributed by atoms with E-state index in [0.29, 0.717) is 7.90 Å². The smallest absolute Gasteiger partial charge is 0.256 e. The van der Waals surface area contributed by atoms with Gasteiger partial charge in [-0.2, -0.15) is 0 Å². The lowest BCUT2D eigenvalue weighted by Crippen LogP contribution is -2.66. The third kappa shape index (κ3) is 2.92. The van der Waals surface area contributed by atoms with Gasteiger partial charge in [0.05, 0.1) is 25.6 Å². The van der Waals surface area contributed by atoms with Gasteiger partial charge in [-0.1, -0.05) is 42.5 Å². The molecule has 0 aliphatic carbocycles. The summed E-state index contributed by atoms with van der Waals surface area (Å²) in [5, 5.41) is 0. The van der Waals surface area contributed by atoms with Gasteiger partial charge in [0.2, 0.25) is 0 Å². The van der Waals surface area contributed by atoms with Crippen LogP contribution in [0.1, 0.15) is 39.0 Å². The minimum absolute atomic E-state index is 0.247. The van der Waals surface area contributed by atoms with E-state index in [-0.39, 0.29) is 5.91 Å². The molecule has 0 aromatic carbocycles. The summed E-state index contributed by atoms with van der Waals surface area (Å²) in [5.41, 5.74) is 0. The largest absolute Gasteiger partial charge is 0.338 e. The van der Waals surface area contributed by atoms with Gasteiger partial charge in [-0.05, 0) is 25.7 Å². The summed E-state index contributed by atoms with van der Waals surface area (Å²) in [6.07, 6.45) is 7.91. The molecule has 0 N–H and O–H groups in total. The van der Waals surface area contributed by atoms with Crippen molar-refractivity contribution in [1.29, 1.82) is 0 Å². The average molecular weight is 348 g/mol. The first kappa shape index (κ1) is 13.5. The first-order chi connectivity index (χ1) is 7.97. The molecule has 1 unspecified atom stereocenters. The third-order valence-electron chi connectivity index (χ3n) is 4.45. The number of halogens is 1. The van der Waals surface area contributed by atoms with E-state index in [4.69, 9.17) is 0 Å².